The second kappa shape index (κ2) is 6.26. The normalized spacial score (nSPS) is 15.2. The molecule has 0 bridgehead atoms. The number of nitro groups is 1. The number of hydrogen-bond acceptors (Lipinski definition) is 8. The second-order valence-electron chi connectivity index (χ2n) is 4.44. The van der Waals surface area contributed by atoms with Gasteiger partial charge in [-0.2, -0.15) is 0 Å². The summed E-state index contributed by atoms with van der Waals surface area (Å²) in [6.45, 7) is 2.64. The Hall–Kier alpha value is -3.23. The molecule has 0 radical (unpaired) electrons. The third kappa shape index (κ3) is 3.34. The molecule has 0 spiro atoms. The van der Waals surface area contributed by atoms with Crippen molar-refractivity contribution in [1.29, 1.82) is 0 Å². The van der Waals surface area contributed by atoms with Crippen LogP contribution in [0.25, 0.3) is 6.08 Å². The Morgan fingerprint density at radius 1 is 1.43 bits per heavy atom. The first-order valence-corrected chi connectivity index (χ1v) is 6.36. The summed E-state index contributed by atoms with van der Waals surface area (Å²) in [7, 11) is 1.21. The quantitative estimate of drug-likeness (QED) is 0.273. The maximum atomic E-state index is 11.6. The highest BCUT2D eigenvalue weighted by Gasteiger charge is 2.27. The smallest absolute Gasteiger partial charge is 0.363 e. The van der Waals surface area contributed by atoms with Crippen LogP contribution in [-0.4, -0.2) is 29.9 Å². The molecular weight excluding hydrogens is 308 g/mol. The highest BCUT2D eigenvalue weighted by molar-refractivity contribution is 6.06. The van der Waals surface area contributed by atoms with Crippen molar-refractivity contribution in [2.24, 2.45) is 4.99 Å². The van der Waals surface area contributed by atoms with Crippen LogP contribution in [0, 0.1) is 10.1 Å². The average molecular weight is 320 g/mol. The van der Waals surface area contributed by atoms with Crippen LogP contribution in [0.15, 0.2) is 22.8 Å². The molecule has 0 saturated heterocycles. The number of esters is 2. The lowest BCUT2D eigenvalue weighted by Crippen LogP contribution is -2.06. The third-order valence-electron chi connectivity index (χ3n) is 2.79. The van der Waals surface area contributed by atoms with Gasteiger partial charge in [0.15, 0.2) is 17.3 Å². The summed E-state index contributed by atoms with van der Waals surface area (Å²) >= 11 is 0. The monoisotopic (exact) mass is 320 g/mol. The zero-order chi connectivity index (χ0) is 17.1. The van der Waals surface area contributed by atoms with E-state index in [9.17, 15) is 19.7 Å². The molecule has 0 N–H and O–H groups in total. The molecule has 0 fully saturated rings. The van der Waals surface area contributed by atoms with Gasteiger partial charge in [0.2, 0.25) is 5.75 Å². The first-order chi connectivity index (χ1) is 10.8. The molecule has 1 aromatic rings. The minimum atomic E-state index is -0.708. The van der Waals surface area contributed by atoms with E-state index in [1.807, 2.05) is 0 Å². The Bertz CT molecular complexity index is 765. The van der Waals surface area contributed by atoms with Gasteiger partial charge in [0.1, 0.15) is 0 Å². The van der Waals surface area contributed by atoms with Crippen LogP contribution in [0.4, 0.5) is 5.69 Å². The third-order valence-corrected chi connectivity index (χ3v) is 2.79. The Balaban J connectivity index is 2.61. The van der Waals surface area contributed by atoms with Gasteiger partial charge in [-0.05, 0) is 18.2 Å². The Morgan fingerprint density at radius 2 is 2.13 bits per heavy atom. The predicted molar refractivity (Wildman–Crippen MR) is 78.1 cm³/mol. The van der Waals surface area contributed by atoms with Gasteiger partial charge in [0.25, 0.3) is 0 Å². The number of carbonyl (C=O) groups is 2. The molecule has 0 aromatic heterocycles. The summed E-state index contributed by atoms with van der Waals surface area (Å²) in [5.41, 5.74) is -0.465. The second-order valence-corrected chi connectivity index (χ2v) is 4.44. The van der Waals surface area contributed by atoms with Crippen LogP contribution >= 0.6 is 0 Å². The van der Waals surface area contributed by atoms with Gasteiger partial charge in [0, 0.05) is 13.8 Å². The summed E-state index contributed by atoms with van der Waals surface area (Å²) in [4.78, 5) is 37.1. The fourth-order valence-electron chi connectivity index (χ4n) is 1.97. The van der Waals surface area contributed by atoms with E-state index in [0.717, 1.165) is 6.92 Å². The van der Waals surface area contributed by atoms with Gasteiger partial charge >= 0.3 is 17.6 Å². The first kappa shape index (κ1) is 16.1. The number of benzene rings is 1. The van der Waals surface area contributed by atoms with E-state index in [2.05, 4.69) is 4.99 Å². The molecule has 120 valence electrons. The fraction of sp³-hybridized carbons (Fsp3) is 0.214. The molecule has 0 amide bonds. The number of rotatable bonds is 4. The van der Waals surface area contributed by atoms with Crippen molar-refractivity contribution < 1.29 is 28.7 Å². The highest BCUT2D eigenvalue weighted by Crippen LogP contribution is 2.40. The molecule has 1 heterocycles. The summed E-state index contributed by atoms with van der Waals surface area (Å²) in [6.07, 6.45) is 1.21. The Kier molecular flexibility index (Phi) is 4.39. The lowest BCUT2D eigenvalue weighted by Gasteiger charge is -2.09. The van der Waals surface area contributed by atoms with Crippen LogP contribution in [0.1, 0.15) is 19.4 Å². The van der Waals surface area contributed by atoms with E-state index in [0.29, 0.717) is 0 Å². The number of ether oxygens (including phenoxy) is 3. The van der Waals surface area contributed by atoms with Gasteiger partial charge in [0.05, 0.1) is 17.6 Å². The summed E-state index contributed by atoms with van der Waals surface area (Å²) in [6, 6.07) is 2.65. The largest absolute Gasteiger partial charge is 0.488 e. The molecule has 0 aliphatic carbocycles. The Labute approximate surface area is 130 Å². The summed E-state index contributed by atoms with van der Waals surface area (Å²) in [5.74, 6) is -1.54. The van der Waals surface area contributed by atoms with E-state index < -0.39 is 22.5 Å². The highest BCUT2D eigenvalue weighted by atomic mass is 16.6. The van der Waals surface area contributed by atoms with Gasteiger partial charge in [-0.15, -0.1) is 0 Å². The van der Waals surface area contributed by atoms with E-state index in [1.54, 1.807) is 0 Å². The van der Waals surface area contributed by atoms with E-state index in [1.165, 1.54) is 32.2 Å². The van der Waals surface area contributed by atoms with Gasteiger partial charge in [-0.3, -0.25) is 14.9 Å². The molecular formula is C14H12N2O7. The van der Waals surface area contributed by atoms with E-state index in [-0.39, 0.29) is 28.7 Å². The lowest BCUT2D eigenvalue weighted by molar-refractivity contribution is -0.386. The molecule has 0 saturated carbocycles. The predicted octanol–water partition coefficient (Wildman–Crippen LogP) is 1.84. The molecule has 2 rings (SSSR count). The maximum absolute atomic E-state index is 11.6. The fourth-order valence-corrected chi connectivity index (χ4v) is 1.97. The summed E-state index contributed by atoms with van der Waals surface area (Å²) in [5, 5.41) is 11.4. The van der Waals surface area contributed by atoms with Crippen molar-refractivity contribution >= 4 is 29.6 Å². The first-order valence-electron chi connectivity index (χ1n) is 6.36. The van der Waals surface area contributed by atoms with Crippen molar-refractivity contribution in [2.45, 2.75) is 13.8 Å². The van der Waals surface area contributed by atoms with E-state index in [4.69, 9.17) is 14.2 Å². The van der Waals surface area contributed by atoms with Crippen LogP contribution in [0.5, 0.6) is 11.5 Å². The van der Waals surface area contributed by atoms with Crippen molar-refractivity contribution in [3.8, 4) is 11.5 Å². The van der Waals surface area contributed by atoms with Crippen LogP contribution in [0.3, 0.4) is 0 Å². The number of hydrogen-bond donors (Lipinski definition) is 0. The number of nitrogens with zero attached hydrogens (tertiary/aromatic N) is 2. The molecule has 0 unspecified atom stereocenters. The lowest BCUT2D eigenvalue weighted by atomic mass is 10.1. The molecule has 9 heteroatoms. The topological polar surface area (TPSA) is 117 Å². The van der Waals surface area contributed by atoms with Crippen molar-refractivity contribution in [2.75, 3.05) is 7.11 Å². The van der Waals surface area contributed by atoms with Crippen molar-refractivity contribution in [1.82, 2.24) is 0 Å². The number of carbonyl (C=O) groups excluding carboxylic acids is 2. The van der Waals surface area contributed by atoms with Gasteiger partial charge in [-0.25, -0.2) is 9.79 Å². The maximum Gasteiger partial charge on any atom is 0.363 e. The zero-order valence-corrected chi connectivity index (χ0v) is 12.5. The van der Waals surface area contributed by atoms with Crippen LogP contribution in [-0.2, 0) is 14.3 Å². The van der Waals surface area contributed by atoms with Crippen molar-refractivity contribution in [3.63, 3.8) is 0 Å². The number of aliphatic imine (C=N–C) groups is 1. The molecule has 23 heavy (non-hydrogen) atoms. The Morgan fingerprint density at radius 3 is 2.61 bits per heavy atom. The SMILES string of the molecule is COc1c(OC(C)=O)ccc(/C=C2/N=C(C)OC2=O)c1[N+](=O)[O-]. The van der Waals surface area contributed by atoms with Crippen molar-refractivity contribution in [3.05, 3.63) is 33.5 Å². The molecule has 1 aliphatic heterocycles. The number of nitro benzene ring substituents is 1. The minimum absolute atomic E-state index is 0.0631. The average Bonchev–Trinajstić information content (AvgIpc) is 2.77. The van der Waals surface area contributed by atoms with Gasteiger partial charge < -0.3 is 14.2 Å². The molecule has 1 aliphatic rings. The van der Waals surface area contributed by atoms with Gasteiger partial charge in [-0.1, -0.05) is 0 Å². The van der Waals surface area contributed by atoms with Crippen LogP contribution < -0.4 is 9.47 Å². The minimum Gasteiger partial charge on any atom is -0.488 e. The molecule has 1 aromatic carbocycles. The number of methoxy groups -OCH3 is 1. The summed E-state index contributed by atoms with van der Waals surface area (Å²) < 4.78 is 14.6. The molecule has 9 nitrogen and oxygen atoms in total. The standard InChI is InChI=1S/C14H12N2O7/c1-7-15-10(14(18)22-7)6-9-4-5-11(23-8(2)17)13(21-3)12(9)16(19)20/h4-6H,1-3H3/b10-6+. The molecule has 0 atom stereocenters. The number of cyclic esters (lactones) is 1. The van der Waals surface area contributed by atoms with Crippen LogP contribution in [0.2, 0.25) is 0 Å². The van der Waals surface area contributed by atoms with E-state index >= 15 is 0 Å². The zero-order valence-electron chi connectivity index (χ0n) is 12.5.